The molecule has 41 heavy (non-hydrogen) atoms. The lowest BCUT2D eigenvalue weighted by Crippen LogP contribution is -2.33. The van der Waals surface area contributed by atoms with Crippen LogP contribution in [0.25, 0.3) is 0 Å². The standard InChI is InChI=1S/C31H41ClN2O4S.C2H6/c1-4-9-23-18-25(32)12-14-27(23)24-20-34-17-16-22(5-2)29(37-3)10-7-6-8-11-31(35)33-39(36)26-13-15-30(38-21-24)28(34)19-26;1-2/h7,10,12-15,18-19,22,24,29H,4-6,8-9,11,16-17,20-21H2,1-3H3,(H,33,35);1-2H3/b10-7+;. The molecule has 1 N–H and O–H groups in total. The molecule has 1 amide bonds. The second kappa shape index (κ2) is 16.9. The largest absolute Gasteiger partial charge is 0.491 e. The lowest BCUT2D eigenvalue weighted by Gasteiger charge is -2.31. The number of benzene rings is 2. The summed E-state index contributed by atoms with van der Waals surface area (Å²) in [5, 5.41) is 0.753. The molecule has 4 unspecified atom stereocenters. The first-order valence-corrected chi connectivity index (χ1v) is 16.7. The maximum absolute atomic E-state index is 13.1. The van der Waals surface area contributed by atoms with E-state index in [1.807, 2.05) is 32.0 Å². The minimum absolute atomic E-state index is 0.0153. The van der Waals surface area contributed by atoms with Gasteiger partial charge in [-0.05, 0) is 73.1 Å². The lowest BCUT2D eigenvalue weighted by atomic mass is 9.91. The van der Waals surface area contributed by atoms with Crippen molar-refractivity contribution in [2.45, 2.75) is 89.6 Å². The van der Waals surface area contributed by atoms with Crippen LogP contribution in [0.1, 0.15) is 83.3 Å². The SMILES string of the molecule is CC.CCCc1cc(Cl)ccc1C1COc2ccc3cc2N(CCC(CC)C(OC)/C=C/CCCC(=O)NS3=O)C1. The van der Waals surface area contributed by atoms with E-state index in [1.165, 1.54) is 11.1 Å². The van der Waals surface area contributed by atoms with Crippen LogP contribution in [0.4, 0.5) is 5.69 Å². The zero-order valence-corrected chi connectivity index (χ0v) is 26.9. The predicted molar refractivity (Wildman–Crippen MR) is 170 cm³/mol. The average molecular weight is 603 g/mol. The molecule has 0 saturated heterocycles. The van der Waals surface area contributed by atoms with E-state index in [0.717, 1.165) is 61.7 Å². The molecule has 8 heteroatoms. The van der Waals surface area contributed by atoms with Gasteiger partial charge in [-0.25, -0.2) is 4.21 Å². The highest BCUT2D eigenvalue weighted by Gasteiger charge is 2.28. The number of ether oxygens (including phenoxy) is 2. The molecule has 6 nitrogen and oxygen atoms in total. The van der Waals surface area contributed by atoms with Gasteiger partial charge in [0.25, 0.3) is 0 Å². The molecule has 2 heterocycles. The number of hydrogen-bond donors (Lipinski definition) is 1. The first-order chi connectivity index (χ1) is 19.9. The Kier molecular flexibility index (Phi) is 13.7. The van der Waals surface area contributed by atoms with E-state index in [9.17, 15) is 9.00 Å². The van der Waals surface area contributed by atoms with Crippen LogP contribution in [0, 0.1) is 5.92 Å². The van der Waals surface area contributed by atoms with E-state index in [4.69, 9.17) is 21.1 Å². The Morgan fingerprint density at radius 1 is 1.17 bits per heavy atom. The average Bonchev–Trinajstić information content (AvgIpc) is 3.16. The molecule has 2 aromatic rings. The molecular weight excluding hydrogens is 556 g/mol. The third-order valence-corrected chi connectivity index (χ3v) is 9.10. The van der Waals surface area contributed by atoms with Crippen LogP contribution in [-0.2, 0) is 26.9 Å². The first kappa shape index (κ1) is 33.2. The van der Waals surface area contributed by atoms with Crippen LogP contribution < -0.4 is 14.4 Å². The van der Waals surface area contributed by atoms with Crippen molar-refractivity contribution < 1.29 is 18.5 Å². The first-order valence-electron chi connectivity index (χ1n) is 15.1. The van der Waals surface area contributed by atoms with Gasteiger partial charge >= 0.3 is 0 Å². The number of halogens is 1. The van der Waals surface area contributed by atoms with E-state index < -0.39 is 11.0 Å². The van der Waals surface area contributed by atoms with Crippen LogP contribution in [0.5, 0.6) is 5.75 Å². The number of aryl methyl sites for hydroxylation is 1. The molecule has 0 spiro atoms. The highest BCUT2D eigenvalue weighted by molar-refractivity contribution is 7.83. The molecule has 0 saturated carbocycles. The summed E-state index contributed by atoms with van der Waals surface area (Å²) in [5.41, 5.74) is 3.44. The van der Waals surface area contributed by atoms with Gasteiger partial charge in [0, 0.05) is 37.6 Å². The van der Waals surface area contributed by atoms with E-state index in [-0.39, 0.29) is 17.9 Å². The number of anilines is 1. The van der Waals surface area contributed by atoms with Gasteiger partial charge < -0.3 is 14.4 Å². The molecule has 2 aromatic carbocycles. The van der Waals surface area contributed by atoms with E-state index in [0.29, 0.717) is 30.3 Å². The van der Waals surface area contributed by atoms with E-state index in [2.05, 4.69) is 47.8 Å². The fourth-order valence-corrected chi connectivity index (χ4v) is 6.65. The Bertz CT molecular complexity index is 1190. The number of hydrogen-bond acceptors (Lipinski definition) is 5. The maximum Gasteiger partial charge on any atom is 0.231 e. The normalized spacial score (nSPS) is 24.2. The Labute approximate surface area is 254 Å². The number of rotatable bonds is 5. The van der Waals surface area contributed by atoms with Gasteiger partial charge in [0.2, 0.25) is 5.91 Å². The molecule has 4 atom stereocenters. The van der Waals surface area contributed by atoms with Gasteiger partial charge in [0.15, 0.2) is 11.0 Å². The monoisotopic (exact) mass is 602 g/mol. The number of fused-ring (bicyclic) bond motifs is 1. The van der Waals surface area contributed by atoms with Crippen molar-refractivity contribution in [1.29, 1.82) is 0 Å². The van der Waals surface area contributed by atoms with Crippen LogP contribution in [0.2, 0.25) is 5.02 Å². The third-order valence-electron chi connectivity index (χ3n) is 7.77. The van der Waals surface area contributed by atoms with Crippen molar-refractivity contribution in [3.63, 3.8) is 0 Å². The van der Waals surface area contributed by atoms with Crippen LogP contribution in [0.15, 0.2) is 53.4 Å². The molecule has 0 fully saturated rings. The third kappa shape index (κ3) is 9.07. The molecule has 2 aliphatic heterocycles. The highest BCUT2D eigenvalue weighted by Crippen LogP contribution is 2.38. The van der Waals surface area contributed by atoms with Crippen LogP contribution in [-0.4, -0.2) is 43.0 Å². The van der Waals surface area contributed by atoms with Crippen molar-refractivity contribution >= 4 is 34.2 Å². The van der Waals surface area contributed by atoms with Crippen molar-refractivity contribution in [1.82, 2.24) is 4.72 Å². The number of carbonyl (C=O) groups excluding carboxylic acids is 1. The molecule has 226 valence electrons. The number of carbonyl (C=O) groups is 1. The van der Waals surface area contributed by atoms with Crippen LogP contribution in [0.3, 0.4) is 0 Å². The zero-order chi connectivity index (χ0) is 29.8. The smallest absolute Gasteiger partial charge is 0.231 e. The quantitative estimate of drug-likeness (QED) is 0.357. The predicted octanol–water partition coefficient (Wildman–Crippen LogP) is 7.61. The van der Waals surface area contributed by atoms with Crippen LogP contribution >= 0.6 is 11.6 Å². The summed E-state index contributed by atoms with van der Waals surface area (Å²) in [4.78, 5) is 15.4. The summed E-state index contributed by atoms with van der Waals surface area (Å²) in [6.07, 6.45) is 10.0. The van der Waals surface area contributed by atoms with Crippen molar-refractivity contribution in [3.05, 3.63) is 64.7 Å². The van der Waals surface area contributed by atoms with Crippen molar-refractivity contribution in [2.24, 2.45) is 5.92 Å². The molecular formula is C33H47ClN2O4S. The summed E-state index contributed by atoms with van der Waals surface area (Å²) in [7, 11) is 0.137. The summed E-state index contributed by atoms with van der Waals surface area (Å²) in [6.45, 7) is 10.5. The Hall–Kier alpha value is -2.35. The molecule has 0 radical (unpaired) electrons. The van der Waals surface area contributed by atoms with Gasteiger partial charge in [-0.3, -0.25) is 9.52 Å². The molecule has 2 aliphatic rings. The fraction of sp³-hybridized carbons (Fsp3) is 0.545. The molecule has 2 bridgehead atoms. The second-order valence-corrected chi connectivity index (χ2v) is 12.1. The van der Waals surface area contributed by atoms with E-state index >= 15 is 0 Å². The minimum atomic E-state index is -1.63. The zero-order valence-electron chi connectivity index (χ0n) is 25.3. The minimum Gasteiger partial charge on any atom is -0.491 e. The van der Waals surface area contributed by atoms with Crippen molar-refractivity contribution in [3.8, 4) is 5.75 Å². The van der Waals surface area contributed by atoms with Gasteiger partial charge in [-0.1, -0.05) is 70.4 Å². The number of amides is 1. The van der Waals surface area contributed by atoms with Gasteiger partial charge in [-0.15, -0.1) is 0 Å². The highest BCUT2D eigenvalue weighted by atomic mass is 35.5. The topological polar surface area (TPSA) is 67.9 Å². The summed E-state index contributed by atoms with van der Waals surface area (Å²) in [6, 6.07) is 11.8. The summed E-state index contributed by atoms with van der Waals surface area (Å²) in [5.74, 6) is 1.05. The van der Waals surface area contributed by atoms with Gasteiger partial charge in [-0.2, -0.15) is 0 Å². The molecule has 0 aromatic heterocycles. The van der Waals surface area contributed by atoms with Gasteiger partial charge in [0.1, 0.15) is 5.75 Å². The summed E-state index contributed by atoms with van der Waals surface area (Å²) >= 11 is 6.37. The number of nitrogens with zero attached hydrogens (tertiary/aromatic N) is 1. The number of allylic oxidation sites excluding steroid dienone is 1. The van der Waals surface area contributed by atoms with E-state index in [1.54, 1.807) is 13.2 Å². The number of methoxy groups -OCH3 is 1. The molecule has 4 rings (SSSR count). The maximum atomic E-state index is 13.1. The van der Waals surface area contributed by atoms with Gasteiger partial charge in [0.05, 0.1) is 23.3 Å². The Morgan fingerprint density at radius 2 is 1.98 bits per heavy atom. The van der Waals surface area contributed by atoms with Crippen molar-refractivity contribution in [2.75, 3.05) is 31.7 Å². The lowest BCUT2D eigenvalue weighted by molar-refractivity contribution is -0.119. The Balaban J connectivity index is 0.00000226. The second-order valence-electron chi connectivity index (χ2n) is 10.4. The summed E-state index contributed by atoms with van der Waals surface area (Å²) < 4.78 is 28.0. The Morgan fingerprint density at radius 3 is 2.71 bits per heavy atom. The fourth-order valence-electron chi connectivity index (χ4n) is 5.62. The number of nitrogens with one attached hydrogen (secondary N) is 1. The molecule has 0 aliphatic carbocycles.